The zero-order chi connectivity index (χ0) is 14.5. The van der Waals surface area contributed by atoms with E-state index in [9.17, 15) is 9.00 Å². The molecule has 1 aliphatic rings. The van der Waals surface area contributed by atoms with Gasteiger partial charge >= 0.3 is 0 Å². The standard InChI is InChI=1S/C13H17N3O2S2/c14-13(19)10-1-3-11(4-2-10)15-12(17)9-16-5-7-20(18)8-6-16/h1-4H,5-9H2,(H2,14,19)(H,15,17). The summed E-state index contributed by atoms with van der Waals surface area (Å²) >= 11 is 4.87. The van der Waals surface area contributed by atoms with Gasteiger partial charge in [-0.05, 0) is 24.3 Å². The van der Waals surface area contributed by atoms with Crippen LogP contribution in [0.3, 0.4) is 0 Å². The molecule has 1 heterocycles. The average molecular weight is 311 g/mol. The molecule has 0 unspecified atom stereocenters. The van der Waals surface area contributed by atoms with Gasteiger partial charge in [-0.25, -0.2) is 0 Å². The van der Waals surface area contributed by atoms with E-state index in [2.05, 4.69) is 5.32 Å². The number of thiocarbonyl (C=S) groups is 1. The lowest BCUT2D eigenvalue weighted by Crippen LogP contribution is -2.42. The number of anilines is 1. The Labute approximate surface area is 126 Å². The summed E-state index contributed by atoms with van der Waals surface area (Å²) < 4.78 is 11.2. The third kappa shape index (κ3) is 4.36. The molecule has 20 heavy (non-hydrogen) atoms. The van der Waals surface area contributed by atoms with Crippen molar-refractivity contribution in [2.45, 2.75) is 0 Å². The van der Waals surface area contributed by atoms with Crippen LogP contribution >= 0.6 is 12.2 Å². The van der Waals surface area contributed by atoms with Gasteiger partial charge in [-0.1, -0.05) is 12.2 Å². The molecule has 0 bridgehead atoms. The van der Waals surface area contributed by atoms with Crippen LogP contribution in [-0.2, 0) is 15.6 Å². The zero-order valence-corrected chi connectivity index (χ0v) is 12.6. The maximum atomic E-state index is 11.9. The van der Waals surface area contributed by atoms with E-state index in [0.29, 0.717) is 36.1 Å². The number of hydrogen-bond acceptors (Lipinski definition) is 4. The minimum atomic E-state index is -0.718. The van der Waals surface area contributed by atoms with E-state index in [1.807, 2.05) is 4.90 Å². The Morgan fingerprint density at radius 1 is 1.30 bits per heavy atom. The second-order valence-corrected chi connectivity index (χ2v) is 6.75. The summed E-state index contributed by atoms with van der Waals surface area (Å²) in [6.07, 6.45) is 0. The Kier molecular flexibility index (Phi) is 5.22. The Hall–Kier alpha value is -1.31. The highest BCUT2D eigenvalue weighted by Gasteiger charge is 2.17. The largest absolute Gasteiger partial charge is 0.389 e. The molecule has 1 saturated heterocycles. The molecule has 1 aromatic rings. The maximum Gasteiger partial charge on any atom is 0.238 e. The third-order valence-corrected chi connectivity index (χ3v) is 4.60. The fourth-order valence-corrected chi connectivity index (χ4v) is 3.22. The summed E-state index contributed by atoms with van der Waals surface area (Å²) in [5.41, 5.74) is 7.01. The Balaban J connectivity index is 1.85. The third-order valence-electron chi connectivity index (χ3n) is 3.09. The number of nitrogens with two attached hydrogens (primary N) is 1. The maximum absolute atomic E-state index is 11.9. The van der Waals surface area contributed by atoms with Crippen molar-refractivity contribution in [3.8, 4) is 0 Å². The van der Waals surface area contributed by atoms with Crippen LogP contribution in [0.25, 0.3) is 0 Å². The minimum absolute atomic E-state index is 0.0687. The Morgan fingerprint density at radius 2 is 1.90 bits per heavy atom. The van der Waals surface area contributed by atoms with Crippen LogP contribution in [0.15, 0.2) is 24.3 Å². The first kappa shape index (κ1) is 15.1. The molecule has 1 aliphatic heterocycles. The van der Waals surface area contributed by atoms with Crippen molar-refractivity contribution in [3.63, 3.8) is 0 Å². The molecule has 2 rings (SSSR count). The lowest BCUT2D eigenvalue weighted by molar-refractivity contribution is -0.117. The van der Waals surface area contributed by atoms with Gasteiger partial charge in [-0.2, -0.15) is 0 Å². The van der Waals surface area contributed by atoms with E-state index in [1.165, 1.54) is 0 Å². The summed E-state index contributed by atoms with van der Waals surface area (Å²) in [6.45, 7) is 1.75. The molecule has 0 saturated carbocycles. The van der Waals surface area contributed by atoms with E-state index in [-0.39, 0.29) is 5.91 Å². The fraction of sp³-hybridized carbons (Fsp3) is 0.385. The molecule has 1 aromatic carbocycles. The van der Waals surface area contributed by atoms with Gasteiger partial charge in [-0.15, -0.1) is 0 Å². The summed E-state index contributed by atoms with van der Waals surface area (Å²) in [7, 11) is -0.718. The fourth-order valence-electron chi connectivity index (χ4n) is 1.96. The number of nitrogens with one attached hydrogen (secondary N) is 1. The van der Waals surface area contributed by atoms with Crippen molar-refractivity contribution >= 4 is 39.6 Å². The predicted molar refractivity (Wildman–Crippen MR) is 85.3 cm³/mol. The first-order valence-corrected chi connectivity index (χ1v) is 8.21. The molecule has 1 amide bonds. The lowest BCUT2D eigenvalue weighted by Gasteiger charge is -2.25. The second kappa shape index (κ2) is 6.92. The number of carbonyl (C=O) groups excluding carboxylic acids is 1. The van der Waals surface area contributed by atoms with Crippen LogP contribution in [0.1, 0.15) is 5.56 Å². The highest BCUT2D eigenvalue weighted by Crippen LogP contribution is 2.10. The number of benzene rings is 1. The molecule has 5 nitrogen and oxygen atoms in total. The predicted octanol–water partition coefficient (Wildman–Crippen LogP) is 0.324. The topological polar surface area (TPSA) is 75.4 Å². The Morgan fingerprint density at radius 3 is 2.45 bits per heavy atom. The molecule has 3 N–H and O–H groups in total. The van der Waals surface area contributed by atoms with Crippen LogP contribution in [0.4, 0.5) is 5.69 Å². The average Bonchev–Trinajstić information content (AvgIpc) is 2.42. The molecule has 0 aliphatic carbocycles. The molecular weight excluding hydrogens is 294 g/mol. The number of hydrogen-bond donors (Lipinski definition) is 2. The van der Waals surface area contributed by atoms with E-state index in [0.717, 1.165) is 11.3 Å². The van der Waals surface area contributed by atoms with Gasteiger partial charge in [0.15, 0.2) is 0 Å². The Bertz CT molecular complexity index is 521. The highest BCUT2D eigenvalue weighted by molar-refractivity contribution is 7.85. The van der Waals surface area contributed by atoms with Gasteiger partial charge in [0.25, 0.3) is 0 Å². The normalized spacial score (nSPS) is 16.8. The molecule has 0 atom stereocenters. The van der Waals surface area contributed by atoms with Crippen LogP contribution < -0.4 is 11.1 Å². The van der Waals surface area contributed by atoms with E-state index in [4.69, 9.17) is 18.0 Å². The van der Waals surface area contributed by atoms with Gasteiger partial charge in [0.2, 0.25) is 5.91 Å². The molecule has 1 fully saturated rings. The monoisotopic (exact) mass is 311 g/mol. The van der Waals surface area contributed by atoms with Crippen LogP contribution in [0.5, 0.6) is 0 Å². The van der Waals surface area contributed by atoms with Gasteiger partial charge < -0.3 is 11.1 Å². The van der Waals surface area contributed by atoms with E-state index < -0.39 is 10.8 Å². The van der Waals surface area contributed by atoms with Crippen LogP contribution in [-0.4, -0.2) is 51.1 Å². The molecular formula is C13H17N3O2S2. The molecule has 0 aromatic heterocycles. The van der Waals surface area contributed by atoms with Crippen LogP contribution in [0, 0.1) is 0 Å². The van der Waals surface area contributed by atoms with E-state index in [1.54, 1.807) is 24.3 Å². The van der Waals surface area contributed by atoms with Crippen molar-refractivity contribution in [3.05, 3.63) is 29.8 Å². The molecule has 0 radical (unpaired) electrons. The van der Waals surface area contributed by atoms with Crippen molar-refractivity contribution < 1.29 is 9.00 Å². The van der Waals surface area contributed by atoms with E-state index >= 15 is 0 Å². The number of rotatable bonds is 4. The summed E-state index contributed by atoms with van der Waals surface area (Å²) in [5.74, 6) is 1.23. The molecule has 7 heteroatoms. The van der Waals surface area contributed by atoms with Gasteiger partial charge in [-0.3, -0.25) is 13.9 Å². The highest BCUT2D eigenvalue weighted by atomic mass is 32.2. The van der Waals surface area contributed by atoms with Crippen molar-refractivity contribution in [1.82, 2.24) is 4.90 Å². The molecule has 108 valence electrons. The van der Waals surface area contributed by atoms with Crippen molar-refractivity contribution in [2.75, 3.05) is 36.5 Å². The zero-order valence-electron chi connectivity index (χ0n) is 11.0. The number of carbonyl (C=O) groups is 1. The van der Waals surface area contributed by atoms with Crippen molar-refractivity contribution in [2.24, 2.45) is 5.73 Å². The summed E-state index contributed by atoms with van der Waals surface area (Å²) in [5, 5.41) is 2.83. The summed E-state index contributed by atoms with van der Waals surface area (Å²) in [4.78, 5) is 14.3. The number of amides is 1. The van der Waals surface area contributed by atoms with Gasteiger partial charge in [0, 0.05) is 46.6 Å². The van der Waals surface area contributed by atoms with Gasteiger partial charge in [0.05, 0.1) is 6.54 Å². The lowest BCUT2D eigenvalue weighted by atomic mass is 10.2. The van der Waals surface area contributed by atoms with Crippen molar-refractivity contribution in [1.29, 1.82) is 0 Å². The first-order valence-electron chi connectivity index (χ1n) is 6.31. The van der Waals surface area contributed by atoms with Gasteiger partial charge in [0.1, 0.15) is 4.99 Å². The quantitative estimate of drug-likeness (QED) is 0.784. The number of nitrogens with zero attached hydrogens (tertiary/aromatic N) is 1. The minimum Gasteiger partial charge on any atom is -0.389 e. The van der Waals surface area contributed by atoms with Crippen LogP contribution in [0.2, 0.25) is 0 Å². The smallest absolute Gasteiger partial charge is 0.238 e. The SMILES string of the molecule is NC(=S)c1ccc(NC(=O)CN2CCS(=O)CC2)cc1. The summed E-state index contributed by atoms with van der Waals surface area (Å²) in [6, 6.07) is 7.11. The second-order valence-electron chi connectivity index (χ2n) is 4.61. The first-order chi connectivity index (χ1) is 9.54. The molecule has 0 spiro atoms.